The molecular weight excluding hydrogens is 428 g/mol. The minimum absolute atomic E-state index is 0.293. The summed E-state index contributed by atoms with van der Waals surface area (Å²) in [6.07, 6.45) is 4.71. The first-order valence-electron chi connectivity index (χ1n) is 10.6. The Hall–Kier alpha value is -3.33. The van der Waals surface area contributed by atoms with Crippen molar-refractivity contribution in [3.8, 4) is 0 Å². The van der Waals surface area contributed by atoms with Gasteiger partial charge in [-0.1, -0.05) is 18.6 Å². The maximum atomic E-state index is 12.9. The summed E-state index contributed by atoms with van der Waals surface area (Å²) >= 11 is 1.38. The lowest BCUT2D eigenvalue weighted by atomic mass is 10.1. The van der Waals surface area contributed by atoms with Crippen molar-refractivity contribution >= 4 is 45.7 Å². The van der Waals surface area contributed by atoms with Crippen LogP contribution in [0.1, 0.15) is 74.6 Å². The summed E-state index contributed by atoms with van der Waals surface area (Å²) in [7, 11) is 0. The first-order valence-corrected chi connectivity index (χ1v) is 11.4. The molecule has 1 aliphatic carbocycles. The van der Waals surface area contributed by atoms with Gasteiger partial charge in [-0.15, -0.1) is 11.3 Å². The van der Waals surface area contributed by atoms with Crippen LogP contribution in [0.3, 0.4) is 0 Å². The zero-order valence-electron chi connectivity index (χ0n) is 18.0. The van der Waals surface area contributed by atoms with Crippen molar-refractivity contribution < 1.29 is 19.2 Å². The van der Waals surface area contributed by atoms with Crippen LogP contribution >= 0.6 is 11.3 Å². The van der Waals surface area contributed by atoms with Crippen LogP contribution in [0.25, 0.3) is 0 Å². The smallest absolute Gasteiger partial charge is 0.274 e. The van der Waals surface area contributed by atoms with E-state index < -0.39 is 24.3 Å². The zero-order valence-corrected chi connectivity index (χ0v) is 18.8. The van der Waals surface area contributed by atoms with Gasteiger partial charge in [-0.2, -0.15) is 5.10 Å². The van der Waals surface area contributed by atoms with Crippen molar-refractivity contribution in [1.29, 1.82) is 0 Å². The van der Waals surface area contributed by atoms with Gasteiger partial charge in [-0.25, -0.2) is 5.43 Å². The number of benzene rings is 1. The van der Waals surface area contributed by atoms with Crippen molar-refractivity contribution in [3.05, 3.63) is 51.4 Å². The van der Waals surface area contributed by atoms with Gasteiger partial charge in [0.2, 0.25) is 5.91 Å². The molecule has 0 fully saturated rings. The van der Waals surface area contributed by atoms with E-state index in [1.807, 2.05) is 0 Å². The van der Waals surface area contributed by atoms with Gasteiger partial charge >= 0.3 is 0 Å². The number of fused-ring (bicyclic) bond motifs is 2. The molecule has 0 bridgehead atoms. The fourth-order valence-electron chi connectivity index (χ4n) is 3.98. The molecule has 0 saturated carbocycles. The van der Waals surface area contributed by atoms with Crippen molar-refractivity contribution in [2.75, 3.05) is 11.9 Å². The quantitative estimate of drug-likeness (QED) is 0.314. The Kier molecular flexibility index (Phi) is 6.18. The summed E-state index contributed by atoms with van der Waals surface area (Å²) in [5.74, 6) is -1.89. The summed E-state index contributed by atoms with van der Waals surface area (Å²) in [4.78, 5) is 52.9. The fourth-order valence-corrected chi connectivity index (χ4v) is 5.28. The predicted molar refractivity (Wildman–Crippen MR) is 122 cm³/mol. The molecule has 0 atom stereocenters. The highest BCUT2D eigenvalue weighted by molar-refractivity contribution is 7.17. The second kappa shape index (κ2) is 9.04. The number of rotatable bonds is 5. The van der Waals surface area contributed by atoms with Crippen LogP contribution in [0.4, 0.5) is 5.00 Å². The molecule has 166 valence electrons. The van der Waals surface area contributed by atoms with Gasteiger partial charge in [0.1, 0.15) is 11.5 Å². The lowest BCUT2D eigenvalue weighted by Crippen LogP contribution is -2.37. The van der Waals surface area contributed by atoms with Gasteiger partial charge in [-0.05, 0) is 57.2 Å². The number of carbonyl (C=O) groups excluding carboxylic acids is 4. The predicted octanol–water partition coefficient (Wildman–Crippen LogP) is 3.38. The Morgan fingerprint density at radius 3 is 2.34 bits per heavy atom. The third kappa shape index (κ3) is 4.20. The van der Waals surface area contributed by atoms with Crippen molar-refractivity contribution in [2.24, 2.45) is 5.10 Å². The van der Waals surface area contributed by atoms with E-state index in [0.717, 1.165) is 47.4 Å². The molecule has 0 spiro atoms. The molecule has 9 heteroatoms. The second-order valence-corrected chi connectivity index (χ2v) is 9.16. The normalized spacial score (nSPS) is 15.0. The molecule has 1 aromatic carbocycles. The third-order valence-electron chi connectivity index (χ3n) is 5.46. The van der Waals surface area contributed by atoms with E-state index >= 15 is 0 Å². The van der Waals surface area contributed by atoms with Crippen LogP contribution in [0, 0.1) is 0 Å². The molecule has 32 heavy (non-hydrogen) atoms. The summed E-state index contributed by atoms with van der Waals surface area (Å²) < 4.78 is 0. The molecule has 2 aromatic rings. The first-order chi connectivity index (χ1) is 15.4. The molecule has 2 aliphatic rings. The summed E-state index contributed by atoms with van der Waals surface area (Å²) in [6.45, 7) is 3.14. The Bertz CT molecular complexity index is 1110. The number of hydrogen-bond acceptors (Lipinski definition) is 6. The Balaban J connectivity index is 1.57. The van der Waals surface area contributed by atoms with E-state index in [4.69, 9.17) is 0 Å². The van der Waals surface area contributed by atoms with Gasteiger partial charge in [-0.3, -0.25) is 24.1 Å². The number of aryl methyl sites for hydroxylation is 1. The van der Waals surface area contributed by atoms with E-state index in [1.54, 1.807) is 38.1 Å². The molecule has 0 unspecified atom stereocenters. The first kappa shape index (κ1) is 21.9. The Morgan fingerprint density at radius 1 is 1.03 bits per heavy atom. The van der Waals surface area contributed by atoms with Crippen molar-refractivity contribution in [1.82, 2.24) is 10.3 Å². The number of hydrazone groups is 1. The summed E-state index contributed by atoms with van der Waals surface area (Å²) in [5, 5.41) is 7.22. The topological polar surface area (TPSA) is 108 Å². The van der Waals surface area contributed by atoms with Crippen LogP contribution in [0.5, 0.6) is 0 Å². The van der Waals surface area contributed by atoms with Crippen molar-refractivity contribution in [3.63, 3.8) is 0 Å². The van der Waals surface area contributed by atoms with E-state index in [2.05, 4.69) is 15.8 Å². The van der Waals surface area contributed by atoms with Gasteiger partial charge in [0.25, 0.3) is 17.7 Å². The lowest BCUT2D eigenvalue weighted by molar-refractivity contribution is -0.116. The monoisotopic (exact) mass is 452 g/mol. The van der Waals surface area contributed by atoms with Gasteiger partial charge in [0, 0.05) is 10.6 Å². The molecule has 1 aliphatic heterocycles. The molecule has 4 rings (SSSR count). The van der Waals surface area contributed by atoms with Crippen molar-refractivity contribution in [2.45, 2.75) is 46.0 Å². The zero-order chi connectivity index (χ0) is 22.8. The summed E-state index contributed by atoms with van der Waals surface area (Å²) in [6, 6.07) is 6.50. The minimum Gasteiger partial charge on any atom is -0.315 e. The lowest BCUT2D eigenvalue weighted by Gasteiger charge is -2.14. The van der Waals surface area contributed by atoms with Crippen LogP contribution in [-0.4, -0.2) is 40.8 Å². The number of anilines is 1. The minimum atomic E-state index is -0.528. The Morgan fingerprint density at radius 2 is 1.69 bits per heavy atom. The number of nitrogens with one attached hydrogen (secondary N) is 2. The van der Waals surface area contributed by atoms with Gasteiger partial charge in [0.15, 0.2) is 0 Å². The van der Waals surface area contributed by atoms with Crippen LogP contribution in [0.2, 0.25) is 0 Å². The molecule has 1 aromatic heterocycles. The molecule has 4 amide bonds. The third-order valence-corrected chi connectivity index (χ3v) is 6.67. The van der Waals surface area contributed by atoms with Gasteiger partial charge < -0.3 is 5.32 Å². The molecule has 8 nitrogen and oxygen atoms in total. The van der Waals surface area contributed by atoms with Crippen LogP contribution in [-0.2, 0) is 17.6 Å². The second-order valence-electron chi connectivity index (χ2n) is 8.06. The number of hydrogen-bond donors (Lipinski definition) is 2. The highest BCUT2D eigenvalue weighted by Gasteiger charge is 2.36. The number of imide groups is 1. The average molecular weight is 453 g/mol. The largest absolute Gasteiger partial charge is 0.315 e. The maximum Gasteiger partial charge on any atom is 0.274 e. The average Bonchev–Trinajstić information content (AvgIpc) is 3.09. The number of thiophene rings is 1. The van der Waals surface area contributed by atoms with E-state index in [-0.39, 0.29) is 5.91 Å². The summed E-state index contributed by atoms with van der Waals surface area (Å²) in [5.41, 5.74) is 5.22. The highest BCUT2D eigenvalue weighted by Crippen LogP contribution is 2.37. The number of amides is 4. The highest BCUT2D eigenvalue weighted by atomic mass is 32.1. The number of carbonyl (C=O) groups is 4. The Labute approximate surface area is 189 Å². The van der Waals surface area contributed by atoms with Gasteiger partial charge in [0.05, 0.1) is 16.7 Å². The molecule has 0 radical (unpaired) electrons. The van der Waals surface area contributed by atoms with Crippen LogP contribution in [0.15, 0.2) is 29.4 Å². The van der Waals surface area contributed by atoms with E-state index in [1.165, 1.54) is 11.3 Å². The van der Waals surface area contributed by atoms with E-state index in [9.17, 15) is 19.2 Å². The molecule has 2 heterocycles. The standard InChI is InChI=1S/C23H24N4O4S/c1-13(2)25-26-20(29)19-16-10-4-3-5-11-17(16)32-21(19)24-18(28)12-27-22(30)14-8-6-7-9-15(14)23(27)31/h6-9H,3-5,10-12H2,1-2H3,(H,24,28)(H,26,29). The molecular formula is C23H24N4O4S. The maximum absolute atomic E-state index is 12.9. The molecule has 2 N–H and O–H groups in total. The van der Waals surface area contributed by atoms with Crippen LogP contribution < -0.4 is 10.7 Å². The SMILES string of the molecule is CC(C)=NNC(=O)c1c(NC(=O)CN2C(=O)c3ccccc3C2=O)sc2c1CCCCC2. The molecule has 0 saturated heterocycles. The van der Waals surface area contributed by atoms with E-state index in [0.29, 0.717) is 27.4 Å². The fraction of sp³-hybridized carbons (Fsp3) is 0.348. The number of nitrogens with zero attached hydrogens (tertiary/aromatic N) is 2.